The lowest BCUT2D eigenvalue weighted by molar-refractivity contribution is -0.138. The topological polar surface area (TPSA) is 40.5 Å². The maximum absolute atomic E-state index is 13.1. The molecule has 25 heavy (non-hydrogen) atoms. The van der Waals surface area contributed by atoms with Gasteiger partial charge >= 0.3 is 6.18 Å². The van der Waals surface area contributed by atoms with Gasteiger partial charge in [0.15, 0.2) is 0 Å². The van der Waals surface area contributed by atoms with E-state index in [4.69, 9.17) is 0 Å². The summed E-state index contributed by atoms with van der Waals surface area (Å²) in [6, 6.07) is 12.1. The van der Waals surface area contributed by atoms with Gasteiger partial charge in [0.25, 0.3) is 0 Å². The molecule has 3 rings (SSSR count). The average Bonchev–Trinajstić information content (AvgIpc) is 3.36. The van der Waals surface area contributed by atoms with Crippen molar-refractivity contribution in [1.29, 1.82) is 0 Å². The van der Waals surface area contributed by atoms with Gasteiger partial charge in [0.05, 0.1) is 5.56 Å². The van der Waals surface area contributed by atoms with Gasteiger partial charge in [-0.2, -0.15) is 13.2 Å². The number of carbonyl (C=O) groups is 1. The Hall–Kier alpha value is -2.50. The number of phenolic OH excluding ortho intramolecular Hbond substituents is 1. The SMILES string of the molecule is CN(Cc1ccccc1O)C(=O)[C@@H]1C[C@@H]1c1ccccc1C(F)(F)F. The zero-order chi connectivity index (χ0) is 18.2. The number of nitrogens with zero attached hydrogens (tertiary/aromatic N) is 1. The summed E-state index contributed by atoms with van der Waals surface area (Å²) in [5.41, 5.74) is 0.120. The molecule has 0 heterocycles. The summed E-state index contributed by atoms with van der Waals surface area (Å²) in [6.07, 6.45) is -4.01. The third-order valence-electron chi connectivity index (χ3n) is 4.55. The predicted molar refractivity (Wildman–Crippen MR) is 86.9 cm³/mol. The highest BCUT2D eigenvalue weighted by Crippen LogP contribution is 2.51. The number of aromatic hydroxyl groups is 1. The van der Waals surface area contributed by atoms with Gasteiger partial charge in [-0.25, -0.2) is 0 Å². The zero-order valence-electron chi connectivity index (χ0n) is 13.6. The largest absolute Gasteiger partial charge is 0.508 e. The lowest BCUT2D eigenvalue weighted by Crippen LogP contribution is -2.28. The maximum Gasteiger partial charge on any atom is 0.416 e. The lowest BCUT2D eigenvalue weighted by atomic mass is 10.0. The Bertz CT molecular complexity index is 788. The van der Waals surface area contributed by atoms with Crippen LogP contribution in [0, 0.1) is 5.92 Å². The molecule has 2 aromatic rings. The fraction of sp³-hybridized carbons (Fsp3) is 0.316. The molecule has 0 aromatic heterocycles. The summed E-state index contributed by atoms with van der Waals surface area (Å²) >= 11 is 0. The van der Waals surface area contributed by atoms with Gasteiger partial charge < -0.3 is 10.0 Å². The van der Waals surface area contributed by atoms with Crippen molar-refractivity contribution < 1.29 is 23.1 Å². The minimum Gasteiger partial charge on any atom is -0.508 e. The Balaban J connectivity index is 1.72. The van der Waals surface area contributed by atoms with Crippen molar-refractivity contribution in [2.24, 2.45) is 5.92 Å². The molecule has 0 radical (unpaired) electrons. The molecule has 2 atom stereocenters. The molecule has 132 valence electrons. The van der Waals surface area contributed by atoms with Gasteiger partial charge in [-0.3, -0.25) is 4.79 Å². The van der Waals surface area contributed by atoms with E-state index in [2.05, 4.69) is 0 Å². The number of hydrogen-bond acceptors (Lipinski definition) is 2. The Morgan fingerprint density at radius 3 is 2.48 bits per heavy atom. The number of alkyl halides is 3. The van der Waals surface area contributed by atoms with Crippen molar-refractivity contribution >= 4 is 5.91 Å². The molecule has 1 aliphatic rings. The molecule has 0 spiro atoms. The van der Waals surface area contributed by atoms with Crippen LogP contribution >= 0.6 is 0 Å². The summed E-state index contributed by atoms with van der Waals surface area (Å²) in [4.78, 5) is 14.0. The van der Waals surface area contributed by atoms with E-state index in [-0.39, 0.29) is 23.8 Å². The van der Waals surface area contributed by atoms with E-state index in [1.54, 1.807) is 31.3 Å². The minimum atomic E-state index is -4.42. The molecule has 2 aromatic carbocycles. The summed E-state index contributed by atoms with van der Waals surface area (Å²) in [6.45, 7) is 0.218. The molecule has 0 aliphatic heterocycles. The normalized spacial score (nSPS) is 19.5. The van der Waals surface area contributed by atoms with E-state index in [0.717, 1.165) is 6.07 Å². The second kappa shape index (κ2) is 6.43. The van der Waals surface area contributed by atoms with E-state index in [0.29, 0.717) is 12.0 Å². The van der Waals surface area contributed by atoms with E-state index in [1.165, 1.54) is 23.1 Å². The van der Waals surface area contributed by atoms with Gasteiger partial charge in [-0.05, 0) is 30.0 Å². The van der Waals surface area contributed by atoms with Crippen molar-refractivity contribution in [3.8, 4) is 5.75 Å². The second-order valence-electron chi connectivity index (χ2n) is 6.36. The molecule has 1 fully saturated rings. The molecule has 6 heteroatoms. The van der Waals surface area contributed by atoms with Gasteiger partial charge in [-0.15, -0.1) is 0 Å². The van der Waals surface area contributed by atoms with Crippen LogP contribution in [0.2, 0.25) is 0 Å². The van der Waals surface area contributed by atoms with Gasteiger partial charge in [0, 0.05) is 25.1 Å². The van der Waals surface area contributed by atoms with Crippen LogP contribution in [-0.2, 0) is 17.5 Å². The fourth-order valence-electron chi connectivity index (χ4n) is 3.15. The number of carbonyl (C=O) groups excluding carboxylic acids is 1. The predicted octanol–water partition coefficient (Wildman–Crippen LogP) is 4.17. The molecule has 0 bridgehead atoms. The monoisotopic (exact) mass is 349 g/mol. The number of benzene rings is 2. The Morgan fingerprint density at radius 2 is 1.80 bits per heavy atom. The molecule has 1 amide bonds. The highest BCUT2D eigenvalue weighted by atomic mass is 19.4. The number of hydrogen-bond donors (Lipinski definition) is 1. The lowest BCUT2D eigenvalue weighted by Gasteiger charge is -2.18. The van der Waals surface area contributed by atoms with Crippen LogP contribution in [0.1, 0.15) is 29.0 Å². The second-order valence-corrected chi connectivity index (χ2v) is 6.36. The number of amides is 1. The third-order valence-corrected chi connectivity index (χ3v) is 4.55. The van der Waals surface area contributed by atoms with Gasteiger partial charge in [-0.1, -0.05) is 36.4 Å². The molecular weight excluding hydrogens is 331 g/mol. The van der Waals surface area contributed by atoms with Crippen LogP contribution in [0.15, 0.2) is 48.5 Å². The van der Waals surface area contributed by atoms with E-state index < -0.39 is 23.6 Å². The standard InChI is InChI=1S/C19H18F3NO2/c1-23(11-12-6-2-5-9-17(12)24)18(25)15-10-14(15)13-7-3-4-8-16(13)19(20,21)22/h2-9,14-15,24H,10-11H2,1H3/t14-,15-/m1/s1. The van der Waals surface area contributed by atoms with E-state index in [9.17, 15) is 23.1 Å². The quantitative estimate of drug-likeness (QED) is 0.900. The molecule has 1 saturated carbocycles. The van der Waals surface area contributed by atoms with Crippen molar-refractivity contribution in [3.05, 3.63) is 65.2 Å². The smallest absolute Gasteiger partial charge is 0.416 e. The Labute approximate surface area is 143 Å². The Morgan fingerprint density at radius 1 is 1.16 bits per heavy atom. The van der Waals surface area contributed by atoms with Gasteiger partial charge in [0.2, 0.25) is 5.91 Å². The molecule has 3 nitrogen and oxygen atoms in total. The minimum absolute atomic E-state index is 0.0944. The fourth-order valence-corrected chi connectivity index (χ4v) is 3.15. The third kappa shape index (κ3) is 3.62. The molecule has 0 saturated heterocycles. The summed E-state index contributed by atoms with van der Waals surface area (Å²) < 4.78 is 39.4. The number of phenols is 1. The summed E-state index contributed by atoms with van der Waals surface area (Å²) in [5.74, 6) is -0.960. The first kappa shape index (κ1) is 17.3. The maximum atomic E-state index is 13.1. The van der Waals surface area contributed by atoms with Crippen LogP contribution in [0.3, 0.4) is 0 Å². The van der Waals surface area contributed by atoms with Crippen LogP contribution < -0.4 is 0 Å². The summed E-state index contributed by atoms with van der Waals surface area (Å²) in [7, 11) is 1.60. The van der Waals surface area contributed by atoms with Gasteiger partial charge in [0.1, 0.15) is 5.75 Å². The van der Waals surface area contributed by atoms with Crippen LogP contribution in [0.4, 0.5) is 13.2 Å². The van der Waals surface area contributed by atoms with Crippen molar-refractivity contribution in [2.75, 3.05) is 7.05 Å². The van der Waals surface area contributed by atoms with Crippen molar-refractivity contribution in [2.45, 2.75) is 25.1 Å². The number of halogens is 3. The van der Waals surface area contributed by atoms with Crippen molar-refractivity contribution in [1.82, 2.24) is 4.90 Å². The van der Waals surface area contributed by atoms with E-state index >= 15 is 0 Å². The average molecular weight is 349 g/mol. The molecule has 0 unspecified atom stereocenters. The first-order valence-electron chi connectivity index (χ1n) is 7.97. The van der Waals surface area contributed by atoms with Crippen LogP contribution in [-0.4, -0.2) is 23.0 Å². The highest BCUT2D eigenvalue weighted by molar-refractivity contribution is 5.83. The van der Waals surface area contributed by atoms with Crippen molar-refractivity contribution in [3.63, 3.8) is 0 Å². The zero-order valence-corrected chi connectivity index (χ0v) is 13.6. The van der Waals surface area contributed by atoms with E-state index in [1.807, 2.05) is 0 Å². The number of rotatable bonds is 4. The first-order chi connectivity index (χ1) is 11.8. The summed E-state index contributed by atoms with van der Waals surface area (Å²) in [5, 5.41) is 9.79. The molecular formula is C19H18F3NO2. The van der Waals surface area contributed by atoms with Crippen LogP contribution in [0.5, 0.6) is 5.75 Å². The molecule has 1 aliphatic carbocycles. The Kier molecular flexibility index (Phi) is 4.45. The highest BCUT2D eigenvalue weighted by Gasteiger charge is 2.48. The first-order valence-corrected chi connectivity index (χ1v) is 7.97. The molecule has 1 N–H and O–H groups in total. The van der Waals surface area contributed by atoms with Crippen LogP contribution in [0.25, 0.3) is 0 Å². The number of para-hydroxylation sites is 1.